The molecule has 0 saturated carbocycles. The Morgan fingerprint density at radius 3 is 2.67 bits per heavy atom. The summed E-state index contributed by atoms with van der Waals surface area (Å²) in [6.07, 6.45) is 0. The average Bonchev–Trinajstić information content (AvgIpc) is 2.58. The van der Waals surface area contributed by atoms with Crippen LogP contribution in [0.2, 0.25) is 0 Å². The third-order valence-corrected chi connectivity index (χ3v) is 3.30. The average molecular weight is 220 g/mol. The van der Waals surface area contributed by atoms with Crippen molar-refractivity contribution >= 4 is 11.3 Å². The number of hydrogen-bond acceptors (Lipinski definition) is 3. The van der Waals surface area contributed by atoms with Gasteiger partial charge >= 0.3 is 0 Å². The fourth-order valence-electron chi connectivity index (χ4n) is 1.44. The van der Waals surface area contributed by atoms with E-state index in [4.69, 9.17) is 0 Å². The number of rotatable bonds is 1. The zero-order chi connectivity index (χ0) is 11.0. The molecule has 0 aliphatic carbocycles. The van der Waals surface area contributed by atoms with Gasteiger partial charge in [-0.25, -0.2) is 4.98 Å². The number of aryl methyl sites for hydroxylation is 3. The zero-order valence-electron chi connectivity index (χ0n) is 8.92. The van der Waals surface area contributed by atoms with Gasteiger partial charge in [0, 0.05) is 16.1 Å². The van der Waals surface area contributed by atoms with E-state index in [1.807, 2.05) is 32.2 Å². The van der Waals surface area contributed by atoms with Gasteiger partial charge in [0.05, 0.1) is 5.69 Å². The SMILES string of the molecule is Cc1nc(-c2ccsc2C)c(=O)[nH]c1C. The van der Waals surface area contributed by atoms with Crippen molar-refractivity contribution in [2.24, 2.45) is 0 Å². The number of hydrogen-bond donors (Lipinski definition) is 1. The van der Waals surface area contributed by atoms with Gasteiger partial charge in [0.1, 0.15) is 5.69 Å². The molecule has 0 radical (unpaired) electrons. The van der Waals surface area contributed by atoms with E-state index in [1.54, 1.807) is 11.3 Å². The number of H-pyrrole nitrogens is 1. The molecule has 0 saturated heterocycles. The first kappa shape index (κ1) is 10.1. The molecule has 0 bridgehead atoms. The van der Waals surface area contributed by atoms with E-state index in [2.05, 4.69) is 9.97 Å². The highest BCUT2D eigenvalue weighted by molar-refractivity contribution is 7.10. The lowest BCUT2D eigenvalue weighted by molar-refractivity contribution is 1.02. The highest BCUT2D eigenvalue weighted by Crippen LogP contribution is 2.23. The summed E-state index contributed by atoms with van der Waals surface area (Å²) in [6.45, 7) is 5.75. The molecule has 15 heavy (non-hydrogen) atoms. The van der Waals surface area contributed by atoms with Crippen LogP contribution in [0, 0.1) is 20.8 Å². The first-order valence-electron chi connectivity index (χ1n) is 4.71. The summed E-state index contributed by atoms with van der Waals surface area (Å²) in [7, 11) is 0. The van der Waals surface area contributed by atoms with Crippen LogP contribution >= 0.6 is 11.3 Å². The number of aromatic nitrogens is 2. The van der Waals surface area contributed by atoms with Crippen molar-refractivity contribution in [1.82, 2.24) is 9.97 Å². The summed E-state index contributed by atoms with van der Waals surface area (Å²) in [6, 6.07) is 1.94. The molecular formula is C11H12N2OS. The van der Waals surface area contributed by atoms with Crippen LogP contribution in [0.3, 0.4) is 0 Å². The fraction of sp³-hybridized carbons (Fsp3) is 0.273. The highest BCUT2D eigenvalue weighted by atomic mass is 32.1. The molecule has 4 heteroatoms. The van der Waals surface area contributed by atoms with Crippen LogP contribution < -0.4 is 5.56 Å². The monoisotopic (exact) mass is 220 g/mol. The number of aromatic amines is 1. The molecule has 2 heterocycles. The summed E-state index contributed by atoms with van der Waals surface area (Å²) >= 11 is 1.63. The molecule has 2 rings (SSSR count). The molecule has 0 aliphatic rings. The molecule has 0 aliphatic heterocycles. The van der Waals surface area contributed by atoms with Crippen LogP contribution in [0.5, 0.6) is 0 Å². The Bertz CT molecular complexity index is 554. The van der Waals surface area contributed by atoms with E-state index in [0.717, 1.165) is 21.8 Å². The Morgan fingerprint density at radius 2 is 2.07 bits per heavy atom. The van der Waals surface area contributed by atoms with Crippen LogP contribution in [0.15, 0.2) is 16.2 Å². The summed E-state index contributed by atoms with van der Waals surface area (Å²) in [5.74, 6) is 0. The van der Waals surface area contributed by atoms with E-state index in [-0.39, 0.29) is 5.56 Å². The summed E-state index contributed by atoms with van der Waals surface area (Å²) < 4.78 is 0. The Labute approximate surface area is 91.8 Å². The van der Waals surface area contributed by atoms with Gasteiger partial charge in [-0.05, 0) is 32.2 Å². The molecule has 2 aromatic heterocycles. The molecule has 78 valence electrons. The van der Waals surface area contributed by atoms with Crippen molar-refractivity contribution in [3.05, 3.63) is 38.1 Å². The molecule has 3 nitrogen and oxygen atoms in total. The van der Waals surface area contributed by atoms with Gasteiger partial charge in [-0.15, -0.1) is 11.3 Å². The van der Waals surface area contributed by atoms with E-state index in [9.17, 15) is 4.79 Å². The van der Waals surface area contributed by atoms with Gasteiger partial charge in [0.2, 0.25) is 0 Å². The smallest absolute Gasteiger partial charge is 0.274 e. The maximum Gasteiger partial charge on any atom is 0.274 e. The Balaban J connectivity index is 2.69. The quantitative estimate of drug-likeness (QED) is 0.802. The normalized spacial score (nSPS) is 10.6. The Kier molecular flexibility index (Phi) is 2.44. The van der Waals surface area contributed by atoms with E-state index >= 15 is 0 Å². The van der Waals surface area contributed by atoms with Crippen LogP contribution in [-0.2, 0) is 0 Å². The van der Waals surface area contributed by atoms with E-state index < -0.39 is 0 Å². The molecule has 2 aromatic rings. The van der Waals surface area contributed by atoms with Gasteiger partial charge in [-0.1, -0.05) is 0 Å². The van der Waals surface area contributed by atoms with Crippen LogP contribution in [0.25, 0.3) is 11.3 Å². The summed E-state index contributed by atoms with van der Waals surface area (Å²) in [5, 5.41) is 1.97. The lowest BCUT2D eigenvalue weighted by Crippen LogP contribution is -2.14. The third kappa shape index (κ3) is 1.72. The van der Waals surface area contributed by atoms with Crippen molar-refractivity contribution in [2.45, 2.75) is 20.8 Å². The molecule has 0 amide bonds. The first-order valence-corrected chi connectivity index (χ1v) is 5.59. The van der Waals surface area contributed by atoms with Gasteiger partial charge in [-0.3, -0.25) is 4.79 Å². The van der Waals surface area contributed by atoms with Gasteiger partial charge in [0.15, 0.2) is 0 Å². The van der Waals surface area contributed by atoms with Crippen LogP contribution in [-0.4, -0.2) is 9.97 Å². The zero-order valence-corrected chi connectivity index (χ0v) is 9.73. The molecular weight excluding hydrogens is 208 g/mol. The fourth-order valence-corrected chi connectivity index (χ4v) is 2.14. The minimum absolute atomic E-state index is 0.111. The second-order valence-electron chi connectivity index (χ2n) is 3.52. The lowest BCUT2D eigenvalue weighted by Gasteiger charge is -2.02. The number of thiophene rings is 1. The van der Waals surface area contributed by atoms with Crippen molar-refractivity contribution in [2.75, 3.05) is 0 Å². The summed E-state index contributed by atoms with van der Waals surface area (Å²) in [5.41, 5.74) is 3.05. The number of nitrogens with one attached hydrogen (secondary N) is 1. The molecule has 0 spiro atoms. The predicted octanol–water partition coefficient (Wildman–Crippen LogP) is 2.42. The topological polar surface area (TPSA) is 45.8 Å². The Morgan fingerprint density at radius 1 is 1.33 bits per heavy atom. The molecule has 0 atom stereocenters. The van der Waals surface area contributed by atoms with Crippen LogP contribution in [0.4, 0.5) is 0 Å². The van der Waals surface area contributed by atoms with Crippen molar-refractivity contribution in [1.29, 1.82) is 0 Å². The molecule has 0 fully saturated rings. The first-order chi connectivity index (χ1) is 7.09. The van der Waals surface area contributed by atoms with Crippen molar-refractivity contribution < 1.29 is 0 Å². The number of nitrogens with zero attached hydrogens (tertiary/aromatic N) is 1. The third-order valence-electron chi connectivity index (χ3n) is 2.45. The molecule has 0 aromatic carbocycles. The van der Waals surface area contributed by atoms with Gasteiger partial charge < -0.3 is 4.98 Å². The van der Waals surface area contributed by atoms with Crippen molar-refractivity contribution in [3.8, 4) is 11.3 Å². The standard InChI is InChI=1S/C11H12N2OS/c1-6-7(2)13-11(14)10(12-6)9-4-5-15-8(9)3/h4-5H,1-3H3,(H,13,14). The predicted molar refractivity (Wildman–Crippen MR) is 62.4 cm³/mol. The highest BCUT2D eigenvalue weighted by Gasteiger charge is 2.10. The Hall–Kier alpha value is -1.42. The molecule has 0 unspecified atom stereocenters. The lowest BCUT2D eigenvalue weighted by atomic mass is 10.2. The minimum atomic E-state index is -0.111. The van der Waals surface area contributed by atoms with Crippen LogP contribution in [0.1, 0.15) is 16.3 Å². The van der Waals surface area contributed by atoms with E-state index in [1.165, 1.54) is 0 Å². The largest absolute Gasteiger partial charge is 0.323 e. The van der Waals surface area contributed by atoms with Gasteiger partial charge in [-0.2, -0.15) is 0 Å². The maximum absolute atomic E-state index is 11.7. The maximum atomic E-state index is 11.7. The van der Waals surface area contributed by atoms with Gasteiger partial charge in [0.25, 0.3) is 5.56 Å². The molecule has 1 N–H and O–H groups in total. The minimum Gasteiger partial charge on any atom is -0.323 e. The van der Waals surface area contributed by atoms with Crippen molar-refractivity contribution in [3.63, 3.8) is 0 Å². The second-order valence-corrected chi connectivity index (χ2v) is 4.64. The van der Waals surface area contributed by atoms with E-state index in [0.29, 0.717) is 5.69 Å². The second kappa shape index (κ2) is 3.62. The summed E-state index contributed by atoms with van der Waals surface area (Å²) in [4.78, 5) is 20.0.